The van der Waals surface area contributed by atoms with Gasteiger partial charge in [-0.3, -0.25) is 4.57 Å². The van der Waals surface area contributed by atoms with Crippen LogP contribution in [0.5, 0.6) is 0 Å². The summed E-state index contributed by atoms with van der Waals surface area (Å²) in [6, 6.07) is 0. The SMILES string of the molecule is CNc1nc(=O)n([C@H]2C[C@@H](O)[C@@H](CO)O2)cc1F. The standard InChI is InChI=1S/C10H14FN3O4/c1-12-9-5(11)3-14(10(17)13-9)8-2-6(16)7(4-15)18-8/h3,6-8,15-16H,2,4H2,1H3,(H,12,13,17)/t6-,7-,8-/m1/s1. The highest BCUT2D eigenvalue weighted by atomic mass is 19.1. The van der Waals surface area contributed by atoms with Crippen LogP contribution in [0.3, 0.4) is 0 Å². The van der Waals surface area contributed by atoms with Gasteiger partial charge in [-0.15, -0.1) is 0 Å². The van der Waals surface area contributed by atoms with Gasteiger partial charge in [0.15, 0.2) is 11.6 Å². The first-order chi connectivity index (χ1) is 8.56. The van der Waals surface area contributed by atoms with E-state index in [1.165, 1.54) is 7.05 Å². The van der Waals surface area contributed by atoms with Crippen LogP contribution in [0.4, 0.5) is 10.2 Å². The average molecular weight is 259 g/mol. The fraction of sp³-hybridized carbons (Fsp3) is 0.600. The molecule has 0 unspecified atom stereocenters. The van der Waals surface area contributed by atoms with E-state index in [0.29, 0.717) is 0 Å². The van der Waals surface area contributed by atoms with E-state index in [9.17, 15) is 14.3 Å². The van der Waals surface area contributed by atoms with E-state index in [-0.39, 0.29) is 18.8 Å². The van der Waals surface area contributed by atoms with E-state index in [4.69, 9.17) is 9.84 Å². The minimum absolute atomic E-state index is 0.102. The van der Waals surface area contributed by atoms with E-state index >= 15 is 0 Å². The minimum Gasteiger partial charge on any atom is -0.394 e. The monoisotopic (exact) mass is 259 g/mol. The lowest BCUT2D eigenvalue weighted by atomic mass is 10.2. The predicted octanol–water partition coefficient (Wildman–Crippen LogP) is -0.935. The quantitative estimate of drug-likeness (QED) is 0.648. The number of aromatic nitrogens is 2. The van der Waals surface area contributed by atoms with Crippen molar-refractivity contribution in [2.45, 2.75) is 24.9 Å². The second kappa shape index (κ2) is 5.01. The molecule has 18 heavy (non-hydrogen) atoms. The molecule has 1 fully saturated rings. The molecule has 0 radical (unpaired) electrons. The second-order valence-electron chi connectivity index (χ2n) is 3.99. The summed E-state index contributed by atoms with van der Waals surface area (Å²) in [5.74, 6) is -0.837. The van der Waals surface area contributed by atoms with Gasteiger partial charge >= 0.3 is 5.69 Å². The number of aliphatic hydroxyl groups excluding tert-OH is 2. The van der Waals surface area contributed by atoms with Gasteiger partial charge in [-0.25, -0.2) is 9.18 Å². The molecule has 1 aliphatic heterocycles. The van der Waals surface area contributed by atoms with Gasteiger partial charge in [0.1, 0.15) is 12.3 Å². The molecule has 8 heteroatoms. The molecular formula is C10H14FN3O4. The van der Waals surface area contributed by atoms with Crippen molar-refractivity contribution in [3.8, 4) is 0 Å². The Balaban J connectivity index is 2.30. The molecular weight excluding hydrogens is 245 g/mol. The molecule has 1 aromatic rings. The third kappa shape index (κ3) is 2.22. The number of hydrogen-bond donors (Lipinski definition) is 3. The number of aliphatic hydroxyl groups is 2. The van der Waals surface area contributed by atoms with Gasteiger partial charge in [-0.05, 0) is 0 Å². The zero-order chi connectivity index (χ0) is 13.3. The van der Waals surface area contributed by atoms with Gasteiger partial charge in [0.05, 0.1) is 18.9 Å². The smallest absolute Gasteiger partial charge is 0.351 e. The summed E-state index contributed by atoms with van der Waals surface area (Å²) in [6.45, 7) is -0.364. The molecule has 3 atom stereocenters. The maximum absolute atomic E-state index is 13.5. The van der Waals surface area contributed by atoms with Crippen molar-refractivity contribution in [2.24, 2.45) is 0 Å². The summed E-state index contributed by atoms with van der Waals surface area (Å²) in [5, 5.41) is 20.9. The van der Waals surface area contributed by atoms with Crippen LogP contribution in [0, 0.1) is 5.82 Å². The number of halogens is 1. The number of ether oxygens (including phenoxy) is 1. The number of rotatable bonds is 3. The topological polar surface area (TPSA) is 96.6 Å². The van der Waals surface area contributed by atoms with Crippen LogP contribution in [-0.4, -0.2) is 45.6 Å². The largest absolute Gasteiger partial charge is 0.394 e. The normalized spacial score (nSPS) is 27.4. The fourth-order valence-corrected chi connectivity index (χ4v) is 1.88. The van der Waals surface area contributed by atoms with E-state index in [1.54, 1.807) is 0 Å². The number of nitrogens with zero attached hydrogens (tertiary/aromatic N) is 2. The van der Waals surface area contributed by atoms with Crippen molar-refractivity contribution >= 4 is 5.82 Å². The van der Waals surface area contributed by atoms with Crippen molar-refractivity contribution in [1.82, 2.24) is 9.55 Å². The van der Waals surface area contributed by atoms with Crippen molar-refractivity contribution in [2.75, 3.05) is 19.0 Å². The maximum Gasteiger partial charge on any atom is 0.351 e. The summed E-state index contributed by atoms with van der Waals surface area (Å²) in [7, 11) is 1.45. The van der Waals surface area contributed by atoms with Crippen LogP contribution < -0.4 is 11.0 Å². The van der Waals surface area contributed by atoms with Crippen LogP contribution in [0.15, 0.2) is 11.0 Å². The lowest BCUT2D eigenvalue weighted by Crippen LogP contribution is -2.29. The van der Waals surface area contributed by atoms with E-state index < -0.39 is 29.9 Å². The maximum atomic E-state index is 13.5. The molecule has 0 saturated carbocycles. The summed E-state index contributed by atoms with van der Waals surface area (Å²) in [5.41, 5.74) is -0.684. The third-order valence-corrected chi connectivity index (χ3v) is 2.84. The van der Waals surface area contributed by atoms with Gasteiger partial charge in [0, 0.05) is 13.5 Å². The van der Waals surface area contributed by atoms with Crippen molar-refractivity contribution in [3.05, 3.63) is 22.5 Å². The van der Waals surface area contributed by atoms with Gasteiger partial charge in [0.2, 0.25) is 0 Å². The zero-order valence-corrected chi connectivity index (χ0v) is 9.71. The molecule has 2 rings (SSSR count). The van der Waals surface area contributed by atoms with Crippen LogP contribution >= 0.6 is 0 Å². The molecule has 2 heterocycles. The Labute approximate surface area is 102 Å². The Kier molecular flexibility index (Phi) is 3.60. The van der Waals surface area contributed by atoms with Crippen molar-refractivity contribution in [1.29, 1.82) is 0 Å². The van der Waals surface area contributed by atoms with Crippen LogP contribution in [0.1, 0.15) is 12.6 Å². The van der Waals surface area contributed by atoms with E-state index in [1.807, 2.05) is 0 Å². The molecule has 1 aromatic heterocycles. The molecule has 1 saturated heterocycles. The molecule has 7 nitrogen and oxygen atoms in total. The summed E-state index contributed by atoms with van der Waals surface area (Å²) in [4.78, 5) is 15.2. The molecule has 0 spiro atoms. The molecule has 100 valence electrons. The second-order valence-corrected chi connectivity index (χ2v) is 3.99. The van der Waals surface area contributed by atoms with Gasteiger partial charge in [0.25, 0.3) is 0 Å². The highest BCUT2D eigenvalue weighted by molar-refractivity contribution is 5.32. The van der Waals surface area contributed by atoms with Crippen LogP contribution in [0.2, 0.25) is 0 Å². The summed E-state index contributed by atoms with van der Waals surface area (Å²) < 4.78 is 19.7. The molecule has 0 aliphatic carbocycles. The van der Waals surface area contributed by atoms with Crippen LogP contribution in [0.25, 0.3) is 0 Å². The Morgan fingerprint density at radius 2 is 2.44 bits per heavy atom. The highest BCUT2D eigenvalue weighted by Gasteiger charge is 2.35. The zero-order valence-electron chi connectivity index (χ0n) is 9.71. The van der Waals surface area contributed by atoms with Crippen molar-refractivity contribution in [3.63, 3.8) is 0 Å². The van der Waals surface area contributed by atoms with E-state index in [0.717, 1.165) is 10.8 Å². The van der Waals surface area contributed by atoms with E-state index in [2.05, 4.69) is 10.3 Å². The van der Waals surface area contributed by atoms with Gasteiger partial charge < -0.3 is 20.3 Å². The Hall–Kier alpha value is -1.51. The van der Waals surface area contributed by atoms with Crippen LogP contribution in [-0.2, 0) is 4.74 Å². The fourth-order valence-electron chi connectivity index (χ4n) is 1.88. The molecule has 0 aromatic carbocycles. The molecule has 0 amide bonds. The Bertz CT molecular complexity index is 493. The summed E-state index contributed by atoms with van der Waals surface area (Å²) >= 11 is 0. The Morgan fingerprint density at radius 3 is 3.00 bits per heavy atom. The first-order valence-corrected chi connectivity index (χ1v) is 5.47. The molecule has 1 aliphatic rings. The lowest BCUT2D eigenvalue weighted by Gasteiger charge is -2.14. The number of anilines is 1. The first-order valence-electron chi connectivity index (χ1n) is 5.47. The first kappa shape index (κ1) is 12.9. The number of hydrogen-bond acceptors (Lipinski definition) is 6. The average Bonchev–Trinajstić information content (AvgIpc) is 2.72. The van der Waals surface area contributed by atoms with Gasteiger partial charge in [-0.2, -0.15) is 4.98 Å². The lowest BCUT2D eigenvalue weighted by molar-refractivity contribution is -0.0461. The highest BCUT2D eigenvalue weighted by Crippen LogP contribution is 2.27. The molecule has 0 bridgehead atoms. The Morgan fingerprint density at radius 1 is 1.72 bits per heavy atom. The van der Waals surface area contributed by atoms with Gasteiger partial charge in [-0.1, -0.05) is 0 Å². The third-order valence-electron chi connectivity index (χ3n) is 2.84. The summed E-state index contributed by atoms with van der Waals surface area (Å²) in [6.07, 6.45) is -1.41. The predicted molar refractivity (Wildman–Crippen MR) is 59.6 cm³/mol. The number of nitrogens with one attached hydrogen (secondary N) is 1. The molecule has 3 N–H and O–H groups in total. The minimum atomic E-state index is -0.890. The van der Waals surface area contributed by atoms with Crippen molar-refractivity contribution < 1.29 is 19.3 Å².